The quantitative estimate of drug-likeness (QED) is 0.115. The third-order valence-electron chi connectivity index (χ3n) is 21.5. The number of benzene rings is 10. The number of rotatable bonds is 6. The fraction of sp³-hybridized carbons (Fsp3) is 0.362. The van der Waals surface area contributed by atoms with Gasteiger partial charge in [-0.25, -0.2) is 0 Å². The average molecular weight is 999 g/mol. The molecule has 6 heteroatoms. The Labute approximate surface area is 432 Å². The first kappa shape index (κ1) is 44.0. The van der Waals surface area contributed by atoms with E-state index in [-0.39, 0.29) is 22.0 Å². The molecule has 0 aromatic heterocycles. The van der Waals surface area contributed by atoms with Crippen LogP contribution in [-0.4, -0.2) is 12.4 Å². The Bertz CT molecular complexity index is 3700. The second-order valence-corrected chi connectivity index (χ2v) is 26.0. The second kappa shape index (κ2) is 14.7. The molecule has 0 saturated heterocycles. The van der Waals surface area contributed by atoms with Gasteiger partial charge < -0.3 is 0 Å². The summed E-state index contributed by atoms with van der Waals surface area (Å²) in [5, 5.41) is 13.3. The molecule has 0 N–H and O–H groups in total. The molecular weight excluding hydrogens is 943 g/mol. The van der Waals surface area contributed by atoms with E-state index in [9.17, 15) is 0 Å². The second-order valence-electron chi connectivity index (χ2n) is 26.0. The lowest BCUT2D eigenvalue weighted by atomic mass is 9.48. The van der Waals surface area contributed by atoms with E-state index in [2.05, 4.69) is 84.9 Å². The van der Waals surface area contributed by atoms with E-state index in [0.717, 1.165) is 79.0 Å². The molecule has 19 rings (SSSR count). The molecule has 75 heavy (non-hydrogen) atoms. The highest BCUT2D eigenvalue weighted by Gasteiger charge is 2.56. The van der Waals surface area contributed by atoms with Crippen molar-refractivity contribution in [3.8, 4) is 33.4 Å². The third-order valence-corrected chi connectivity index (χ3v) is 21.5. The van der Waals surface area contributed by atoms with Gasteiger partial charge in [-0.1, -0.05) is 121 Å². The van der Waals surface area contributed by atoms with E-state index in [0.29, 0.717) is 22.3 Å². The van der Waals surface area contributed by atoms with E-state index in [1.54, 1.807) is 24.3 Å². The molecule has 9 aliphatic rings. The van der Waals surface area contributed by atoms with Gasteiger partial charge >= 0.3 is 12.4 Å². The Morgan fingerprint density at radius 3 is 0.987 bits per heavy atom. The summed E-state index contributed by atoms with van der Waals surface area (Å²) in [6, 6.07) is 46.0. The van der Waals surface area contributed by atoms with Crippen molar-refractivity contribution in [2.45, 2.75) is 118 Å². The van der Waals surface area contributed by atoms with Gasteiger partial charge in [0.15, 0.2) is 0 Å². The van der Waals surface area contributed by atoms with Crippen LogP contribution in [0.15, 0.2) is 133 Å². The van der Waals surface area contributed by atoms with Crippen molar-refractivity contribution in [3.63, 3.8) is 0 Å². The molecule has 0 amide bonds. The fourth-order valence-electron chi connectivity index (χ4n) is 19.6. The Morgan fingerprint density at radius 1 is 0.333 bits per heavy atom. The van der Waals surface area contributed by atoms with Crippen molar-refractivity contribution in [1.29, 1.82) is 0 Å². The van der Waals surface area contributed by atoms with Crippen LogP contribution in [0.5, 0.6) is 0 Å². The largest absolute Gasteiger partial charge is 0.390 e. The summed E-state index contributed by atoms with van der Waals surface area (Å²) in [6.07, 6.45) is 2.81. The van der Waals surface area contributed by atoms with Crippen LogP contribution in [0.2, 0.25) is 0 Å². The van der Waals surface area contributed by atoms with E-state index in [1.807, 2.05) is 24.3 Å². The predicted octanol–water partition coefficient (Wildman–Crippen LogP) is 19.9. The van der Waals surface area contributed by atoms with Crippen LogP contribution in [0.25, 0.3) is 98.0 Å². The first-order valence-electron chi connectivity index (χ1n) is 28.0. The van der Waals surface area contributed by atoms with Gasteiger partial charge in [-0.15, -0.1) is 0 Å². The molecule has 0 radical (unpaired) electrons. The van der Waals surface area contributed by atoms with Crippen LogP contribution in [0.1, 0.15) is 112 Å². The first-order chi connectivity index (χ1) is 36.1. The Hall–Kier alpha value is -6.14. The first-order valence-corrected chi connectivity index (χ1v) is 28.0. The van der Waals surface area contributed by atoms with Crippen LogP contribution < -0.4 is 0 Å². The fourth-order valence-corrected chi connectivity index (χ4v) is 19.6. The number of fused-ring (bicyclic) bond motifs is 3. The summed E-state index contributed by atoms with van der Waals surface area (Å²) in [6.45, 7) is 0. The van der Waals surface area contributed by atoms with Gasteiger partial charge in [0.1, 0.15) is 0 Å². The monoisotopic (exact) mass is 998 g/mol. The molecule has 8 saturated carbocycles. The molecule has 0 spiro atoms. The number of hydrogen-bond donors (Lipinski definition) is 0. The van der Waals surface area contributed by atoms with Crippen LogP contribution in [-0.2, 0) is 16.2 Å². The summed E-state index contributed by atoms with van der Waals surface area (Å²) in [4.78, 5) is 0. The van der Waals surface area contributed by atoms with Gasteiger partial charge in [0.05, 0.1) is 12.8 Å². The van der Waals surface area contributed by atoms with Crippen molar-refractivity contribution < 1.29 is 26.3 Å². The Kier molecular flexibility index (Phi) is 8.61. The molecule has 0 unspecified atom stereocenters. The van der Waals surface area contributed by atoms with Crippen molar-refractivity contribution in [1.82, 2.24) is 0 Å². The van der Waals surface area contributed by atoms with E-state index in [1.165, 1.54) is 120 Å². The molecule has 0 heterocycles. The number of hydrogen-bond acceptors (Lipinski definition) is 0. The van der Waals surface area contributed by atoms with Crippen molar-refractivity contribution >= 4 is 64.6 Å². The van der Waals surface area contributed by atoms with E-state index < -0.39 is 30.6 Å². The van der Waals surface area contributed by atoms with Gasteiger partial charge in [-0.2, -0.15) is 26.3 Å². The lowest BCUT2D eigenvalue weighted by molar-refractivity contribution is -0.173. The summed E-state index contributed by atoms with van der Waals surface area (Å²) >= 11 is 0. The lowest BCUT2D eigenvalue weighted by Gasteiger charge is -2.57. The molecule has 10 aromatic rings. The third kappa shape index (κ3) is 6.32. The smallest absolute Gasteiger partial charge is 0.171 e. The highest BCUT2D eigenvalue weighted by atomic mass is 19.4. The van der Waals surface area contributed by atoms with Gasteiger partial charge in [0.2, 0.25) is 0 Å². The molecule has 8 bridgehead atoms. The summed E-state index contributed by atoms with van der Waals surface area (Å²) in [7, 11) is 0. The molecule has 0 atom stereocenters. The van der Waals surface area contributed by atoms with Crippen LogP contribution in [0, 0.1) is 35.5 Å². The Balaban J connectivity index is 0.797. The topological polar surface area (TPSA) is 0 Å². The number of alkyl halides is 6. The SMILES string of the molecule is FC(F)(F)CC1(CC(F)(F)F)c2cc(-c3ccc4ccc5cc(C67CC8CC(CC(C8)C6)C7)cc6ccc3c4c56)ccc2-c2ccc(-c3ccc4ccc5cc(C67CC8CC(CC(C8)C6)C7)cc6ccc3c4c56)cc21. The summed E-state index contributed by atoms with van der Waals surface area (Å²) in [5.74, 6) is 4.92. The standard InChI is InChI=1S/C69H56F6/c70-68(71,72)35-67(36-69(73,74)75)59-27-45(53-11-5-43-1-3-47-23-51(25-49-9-15-57(53)63(43)61(47)49)65-29-37-17-38(30-65)19-39(18-37)31-65)7-13-55(59)56-14-8-46(28-60(56)67)54-12-6-44-2-4-48-24-52(26-50-10-16-58(54)64(44)62(48)50)66-32-40-20-41(33-66)22-42(21-40)34-66/h1-16,23-28,37-42H,17-22,29-36H2. The average Bonchev–Trinajstić information content (AvgIpc) is 3.72. The zero-order valence-corrected chi connectivity index (χ0v) is 41.8. The summed E-state index contributed by atoms with van der Waals surface area (Å²) < 4.78 is 92.1. The van der Waals surface area contributed by atoms with Gasteiger partial charge in [-0.3, -0.25) is 0 Å². The molecule has 8 fully saturated rings. The molecule has 374 valence electrons. The van der Waals surface area contributed by atoms with Gasteiger partial charge in [-0.05, 0) is 256 Å². The normalized spacial score (nSPS) is 28.3. The van der Waals surface area contributed by atoms with Gasteiger partial charge in [0.25, 0.3) is 0 Å². The summed E-state index contributed by atoms with van der Waals surface area (Å²) in [5.41, 5.74) is 4.79. The lowest BCUT2D eigenvalue weighted by Crippen LogP contribution is -2.48. The molecule has 9 aliphatic carbocycles. The molecule has 0 aliphatic heterocycles. The molecule has 10 aromatic carbocycles. The van der Waals surface area contributed by atoms with Crippen LogP contribution in [0.3, 0.4) is 0 Å². The van der Waals surface area contributed by atoms with E-state index in [4.69, 9.17) is 0 Å². The van der Waals surface area contributed by atoms with Crippen molar-refractivity contribution in [3.05, 3.63) is 156 Å². The highest BCUT2D eigenvalue weighted by molar-refractivity contribution is 6.27. The zero-order chi connectivity index (χ0) is 50.1. The zero-order valence-electron chi connectivity index (χ0n) is 41.8. The Morgan fingerprint density at radius 2 is 0.640 bits per heavy atom. The minimum atomic E-state index is -4.90. The van der Waals surface area contributed by atoms with Gasteiger partial charge in [0, 0.05) is 5.41 Å². The highest BCUT2D eigenvalue weighted by Crippen LogP contribution is 2.64. The predicted molar refractivity (Wildman–Crippen MR) is 292 cm³/mol. The maximum atomic E-state index is 15.3. The molecular formula is C69H56F6. The van der Waals surface area contributed by atoms with E-state index >= 15 is 26.3 Å². The van der Waals surface area contributed by atoms with Crippen molar-refractivity contribution in [2.24, 2.45) is 35.5 Å². The number of halogens is 6. The van der Waals surface area contributed by atoms with Crippen LogP contribution >= 0.6 is 0 Å². The minimum Gasteiger partial charge on any atom is -0.171 e. The maximum absolute atomic E-state index is 15.3. The van der Waals surface area contributed by atoms with Crippen molar-refractivity contribution in [2.75, 3.05) is 0 Å². The maximum Gasteiger partial charge on any atom is 0.390 e. The van der Waals surface area contributed by atoms with Crippen LogP contribution in [0.4, 0.5) is 26.3 Å². The minimum absolute atomic E-state index is 0.0814. The molecule has 0 nitrogen and oxygen atoms in total.